The first kappa shape index (κ1) is 25.2. The van der Waals surface area contributed by atoms with Crippen LogP contribution < -0.4 is 20.7 Å². The number of fused-ring (bicyclic) bond motifs is 2. The van der Waals surface area contributed by atoms with Crippen LogP contribution in [0.3, 0.4) is 0 Å². The lowest BCUT2D eigenvalue weighted by Gasteiger charge is -2.16. The lowest BCUT2D eigenvalue weighted by atomic mass is 10.0. The average molecular weight is 551 g/mol. The number of hydrogen-bond donors (Lipinski definition) is 3. The number of hydrogen-bond acceptors (Lipinski definition) is 10. The van der Waals surface area contributed by atoms with Gasteiger partial charge in [-0.3, -0.25) is 14.9 Å². The number of aromatic nitrogens is 1. The van der Waals surface area contributed by atoms with Crippen LogP contribution in [0, 0.1) is 0 Å². The van der Waals surface area contributed by atoms with Crippen molar-refractivity contribution in [3.63, 3.8) is 0 Å². The Hall–Kier alpha value is -2.48. The predicted molar refractivity (Wildman–Crippen MR) is 135 cm³/mol. The van der Waals surface area contributed by atoms with E-state index in [1.165, 1.54) is 6.20 Å². The Balaban J connectivity index is 1.09. The van der Waals surface area contributed by atoms with Crippen LogP contribution in [0.1, 0.15) is 42.9 Å². The van der Waals surface area contributed by atoms with E-state index in [9.17, 15) is 22.8 Å². The summed E-state index contributed by atoms with van der Waals surface area (Å²) in [5.41, 5.74) is 1.49. The number of ether oxygens (including phenoxy) is 1. The lowest BCUT2D eigenvalue weighted by molar-refractivity contribution is -0.134. The van der Waals surface area contributed by atoms with Crippen molar-refractivity contribution < 1.29 is 27.5 Å². The minimum Gasteiger partial charge on any atom is -0.427 e. The fourth-order valence-corrected chi connectivity index (χ4v) is 8.55. The van der Waals surface area contributed by atoms with Crippen molar-refractivity contribution >= 4 is 50.7 Å². The number of urea groups is 1. The molecule has 3 N–H and O–H groups in total. The normalized spacial score (nSPS) is 24.6. The van der Waals surface area contributed by atoms with E-state index in [0.29, 0.717) is 35.9 Å². The second-order valence-electron chi connectivity index (χ2n) is 9.04. The number of rotatable bonds is 10. The van der Waals surface area contributed by atoms with Crippen molar-refractivity contribution in [2.45, 2.75) is 59.9 Å². The molecule has 2 saturated heterocycles. The summed E-state index contributed by atoms with van der Waals surface area (Å²) in [6, 6.07) is 4.58. The number of carbonyl (C=O) groups is 3. The molecule has 5 rings (SSSR count). The van der Waals surface area contributed by atoms with Crippen molar-refractivity contribution in [1.82, 2.24) is 20.9 Å². The molecule has 0 saturated carbocycles. The van der Waals surface area contributed by atoms with E-state index < -0.39 is 27.4 Å². The van der Waals surface area contributed by atoms with E-state index in [1.807, 2.05) is 11.8 Å². The maximum atomic E-state index is 12.7. The Bertz CT molecular complexity index is 1270. The fraction of sp³-hybridized carbons (Fsp3) is 0.478. The van der Waals surface area contributed by atoms with Gasteiger partial charge in [0.1, 0.15) is 11.5 Å². The molecule has 2 amide bonds. The molecule has 3 aliphatic heterocycles. The Morgan fingerprint density at radius 3 is 2.86 bits per heavy atom. The van der Waals surface area contributed by atoms with Gasteiger partial charge in [0, 0.05) is 35.5 Å². The monoisotopic (exact) mass is 550 g/mol. The van der Waals surface area contributed by atoms with E-state index in [0.717, 1.165) is 35.5 Å². The molecule has 13 heteroatoms. The van der Waals surface area contributed by atoms with E-state index in [-0.39, 0.29) is 28.4 Å². The molecule has 2 fully saturated rings. The first-order chi connectivity index (χ1) is 17.3. The number of amides is 2. The van der Waals surface area contributed by atoms with Crippen LogP contribution in [0.4, 0.5) is 4.79 Å². The number of Topliss-reactive ketones (excluding diaryl/α,β-unsaturated/α-hetero) is 1. The van der Waals surface area contributed by atoms with Gasteiger partial charge in [0.2, 0.25) is 14.2 Å². The van der Waals surface area contributed by atoms with Gasteiger partial charge in [0.05, 0.1) is 18.1 Å². The summed E-state index contributed by atoms with van der Waals surface area (Å²) in [6.07, 6.45) is 4.19. The summed E-state index contributed by atoms with van der Waals surface area (Å²) in [4.78, 5) is 40.3. The quantitative estimate of drug-likeness (QED) is 0.175. The number of thiazole rings is 1. The highest BCUT2D eigenvalue weighted by Gasteiger charge is 2.42. The molecule has 0 radical (unpaired) electrons. The number of carbonyl (C=O) groups excluding carboxylic acids is 3. The number of nitrogens with zero attached hydrogens (tertiary/aromatic N) is 1. The summed E-state index contributed by atoms with van der Waals surface area (Å²) < 4.78 is 30.3. The number of thioether (sulfide) groups is 1. The van der Waals surface area contributed by atoms with Gasteiger partial charge < -0.3 is 15.4 Å². The maximum Gasteiger partial charge on any atom is 0.315 e. The summed E-state index contributed by atoms with van der Waals surface area (Å²) in [7, 11) is -3.78. The average Bonchev–Trinajstić information content (AvgIpc) is 3.61. The van der Waals surface area contributed by atoms with Crippen LogP contribution in [0.25, 0.3) is 0 Å². The first-order valence-electron chi connectivity index (χ1n) is 11.7. The molecule has 2 aromatic rings. The van der Waals surface area contributed by atoms with Gasteiger partial charge in [-0.1, -0.05) is 12.5 Å². The molecule has 1 aromatic carbocycles. The van der Waals surface area contributed by atoms with Crippen molar-refractivity contribution in [3.8, 4) is 5.75 Å². The van der Waals surface area contributed by atoms with Gasteiger partial charge >= 0.3 is 12.0 Å². The molecule has 3 aliphatic rings. The molecule has 1 unspecified atom stereocenters. The predicted octanol–water partition coefficient (Wildman–Crippen LogP) is 1.96. The highest BCUT2D eigenvalue weighted by Crippen LogP contribution is 2.33. The molecule has 192 valence electrons. The summed E-state index contributed by atoms with van der Waals surface area (Å²) in [5, 5.41) is 10.9. The van der Waals surface area contributed by atoms with E-state index >= 15 is 0 Å². The van der Waals surface area contributed by atoms with Crippen molar-refractivity contribution in [2.24, 2.45) is 0 Å². The first-order valence-corrected chi connectivity index (χ1v) is 15.3. The van der Waals surface area contributed by atoms with Crippen molar-refractivity contribution in [1.29, 1.82) is 0 Å². The van der Waals surface area contributed by atoms with Crippen LogP contribution in [0.15, 0.2) is 34.1 Å². The summed E-state index contributed by atoms with van der Waals surface area (Å²) >= 11 is 2.84. The second-order valence-corrected chi connectivity index (χ2v) is 13.4. The van der Waals surface area contributed by atoms with Crippen LogP contribution in [-0.4, -0.2) is 60.0 Å². The zero-order valence-corrected chi connectivity index (χ0v) is 21.7. The molecule has 0 aliphatic carbocycles. The maximum absolute atomic E-state index is 12.7. The number of esters is 1. The summed E-state index contributed by atoms with van der Waals surface area (Å²) in [6.45, 7) is 0.376. The third-order valence-corrected chi connectivity index (χ3v) is 11.0. The van der Waals surface area contributed by atoms with Gasteiger partial charge in [-0.2, -0.15) is 11.8 Å². The number of benzene rings is 1. The zero-order chi connectivity index (χ0) is 25.3. The van der Waals surface area contributed by atoms with E-state index in [2.05, 4.69) is 20.9 Å². The Labute approximate surface area is 216 Å². The molecule has 4 atom stereocenters. The van der Waals surface area contributed by atoms with Crippen LogP contribution in [-0.2, 0) is 26.0 Å². The zero-order valence-electron chi connectivity index (χ0n) is 19.3. The number of nitrogens with one attached hydrogen (secondary N) is 3. The van der Waals surface area contributed by atoms with Gasteiger partial charge in [-0.25, -0.2) is 18.2 Å². The second kappa shape index (κ2) is 10.5. The minimum absolute atomic E-state index is 0.0650. The molecule has 10 nitrogen and oxygen atoms in total. The Morgan fingerprint density at radius 2 is 2.06 bits per heavy atom. The van der Waals surface area contributed by atoms with Crippen LogP contribution in [0.2, 0.25) is 0 Å². The van der Waals surface area contributed by atoms with Gasteiger partial charge in [0.25, 0.3) is 0 Å². The largest absolute Gasteiger partial charge is 0.427 e. The molecule has 0 bridgehead atoms. The van der Waals surface area contributed by atoms with Crippen LogP contribution >= 0.6 is 23.1 Å². The fourth-order valence-electron chi connectivity index (χ4n) is 4.83. The molecule has 1 aromatic heterocycles. The SMILES string of the molecule is O=C1N[C@H]2[C@H](CS[C@H]2CCCCC(=O)Oc2ccc3c(c2)CNC3C(=O)CS(=O)(=O)c2nccs2)N1. The molecule has 4 heterocycles. The lowest BCUT2D eigenvalue weighted by Crippen LogP contribution is -2.36. The smallest absolute Gasteiger partial charge is 0.315 e. The van der Waals surface area contributed by atoms with Gasteiger partial charge in [-0.05, 0) is 36.1 Å². The van der Waals surface area contributed by atoms with E-state index in [1.54, 1.807) is 23.6 Å². The highest BCUT2D eigenvalue weighted by atomic mass is 32.2. The van der Waals surface area contributed by atoms with Crippen molar-refractivity contribution in [2.75, 3.05) is 11.5 Å². The van der Waals surface area contributed by atoms with Crippen molar-refractivity contribution in [3.05, 3.63) is 40.9 Å². The molecule has 36 heavy (non-hydrogen) atoms. The van der Waals surface area contributed by atoms with Gasteiger partial charge in [0.15, 0.2) is 5.78 Å². The number of unbranched alkanes of at least 4 members (excludes halogenated alkanes) is 1. The summed E-state index contributed by atoms with van der Waals surface area (Å²) in [5.74, 6) is -0.0858. The Kier molecular flexibility index (Phi) is 7.33. The highest BCUT2D eigenvalue weighted by molar-refractivity contribution is 8.00. The Morgan fingerprint density at radius 1 is 1.19 bits per heavy atom. The van der Waals surface area contributed by atoms with Gasteiger partial charge in [-0.15, -0.1) is 11.3 Å². The standard InChI is InChI=1S/C23H26N4O6S3/c28-17(12-36(31,32)23-24-7-8-34-23)20-15-6-5-14(9-13(15)10-25-20)33-19(29)4-2-1-3-18-21-16(11-35-18)26-22(30)27-21/h5-9,16,18,20-21,25H,1-4,10-12H2,(H2,26,27,30)/t16-,18-,20?,21-/m0/s1. The molecular weight excluding hydrogens is 524 g/mol. The molecule has 0 spiro atoms. The minimum atomic E-state index is -3.78. The molecular formula is C23H26N4O6S3. The topological polar surface area (TPSA) is 144 Å². The number of ketones is 1. The third kappa shape index (κ3) is 5.43. The third-order valence-electron chi connectivity index (χ3n) is 6.54. The number of sulfone groups is 1. The van der Waals surface area contributed by atoms with E-state index in [4.69, 9.17) is 4.74 Å². The van der Waals surface area contributed by atoms with Crippen LogP contribution in [0.5, 0.6) is 5.75 Å².